The number of carbonyl (C=O) groups is 2. The minimum atomic E-state index is -0.837. The van der Waals surface area contributed by atoms with Crippen LogP contribution >= 0.6 is 27.7 Å². The first-order chi connectivity index (χ1) is 12.9. The number of benzene rings is 2. The summed E-state index contributed by atoms with van der Waals surface area (Å²) in [5.74, 6) is -1.00. The van der Waals surface area contributed by atoms with E-state index in [0.717, 1.165) is 15.6 Å². The topological polar surface area (TPSA) is 87.2 Å². The van der Waals surface area contributed by atoms with Gasteiger partial charge in [-0.3, -0.25) is 14.5 Å². The van der Waals surface area contributed by atoms with Crippen LogP contribution in [0.4, 0.5) is 5.69 Å². The summed E-state index contributed by atoms with van der Waals surface area (Å²) in [5, 5.41) is 9.27. The quantitative estimate of drug-likeness (QED) is 0.578. The molecule has 0 aliphatic carbocycles. The van der Waals surface area contributed by atoms with Crippen LogP contribution in [0.1, 0.15) is 11.1 Å². The van der Waals surface area contributed by atoms with Crippen molar-refractivity contribution in [1.29, 1.82) is 5.26 Å². The number of para-hydroxylation sites is 1. The number of thioether (sulfide) groups is 1. The molecule has 2 N–H and O–H groups in total. The van der Waals surface area contributed by atoms with Crippen LogP contribution in [-0.2, 0) is 16.0 Å². The fourth-order valence-electron chi connectivity index (χ4n) is 2.87. The zero-order valence-corrected chi connectivity index (χ0v) is 16.9. The van der Waals surface area contributed by atoms with E-state index in [4.69, 9.17) is 5.73 Å². The van der Waals surface area contributed by atoms with Gasteiger partial charge in [-0.1, -0.05) is 58.0 Å². The minimum absolute atomic E-state index is 0.166. The molecule has 1 fully saturated rings. The normalized spacial score (nSPS) is 18.3. The van der Waals surface area contributed by atoms with Crippen LogP contribution < -0.4 is 10.6 Å². The summed E-state index contributed by atoms with van der Waals surface area (Å²) in [5.41, 5.74) is 7.70. The third-order valence-electron chi connectivity index (χ3n) is 4.22. The molecule has 136 valence electrons. The fraction of sp³-hybridized carbons (Fsp3) is 0.150. The van der Waals surface area contributed by atoms with Crippen molar-refractivity contribution in [3.8, 4) is 6.07 Å². The largest absolute Gasteiger partial charge is 0.365 e. The van der Waals surface area contributed by atoms with Crippen molar-refractivity contribution in [2.45, 2.75) is 18.6 Å². The second-order valence-electron chi connectivity index (χ2n) is 6.05. The molecule has 0 unspecified atom stereocenters. The molecular formula is C20H16BrN3O2S. The third-order valence-corrected chi connectivity index (χ3v) is 6.01. The molecule has 0 spiro atoms. The maximum Gasteiger partial charge on any atom is 0.262 e. The summed E-state index contributed by atoms with van der Waals surface area (Å²) in [6, 6.07) is 16.9. The van der Waals surface area contributed by atoms with Crippen LogP contribution in [0.5, 0.6) is 0 Å². The van der Waals surface area contributed by atoms with E-state index in [-0.39, 0.29) is 11.5 Å². The van der Waals surface area contributed by atoms with E-state index in [1.807, 2.05) is 55.5 Å². The lowest BCUT2D eigenvalue weighted by Crippen LogP contribution is -2.31. The predicted molar refractivity (Wildman–Crippen MR) is 110 cm³/mol. The van der Waals surface area contributed by atoms with E-state index < -0.39 is 11.2 Å². The molecular weight excluding hydrogens is 426 g/mol. The van der Waals surface area contributed by atoms with Gasteiger partial charge in [-0.2, -0.15) is 5.26 Å². The van der Waals surface area contributed by atoms with Gasteiger partial charge in [0.25, 0.3) is 5.91 Å². The van der Waals surface area contributed by atoms with Crippen molar-refractivity contribution in [3.05, 3.63) is 74.7 Å². The van der Waals surface area contributed by atoms with E-state index >= 15 is 0 Å². The van der Waals surface area contributed by atoms with Gasteiger partial charge in [-0.15, -0.1) is 0 Å². The molecule has 3 rings (SSSR count). The Bertz CT molecular complexity index is 979. The van der Waals surface area contributed by atoms with Crippen LogP contribution in [-0.4, -0.2) is 17.1 Å². The van der Waals surface area contributed by atoms with E-state index in [1.165, 1.54) is 16.7 Å². The second-order valence-corrected chi connectivity index (χ2v) is 8.16. The predicted octanol–water partition coefficient (Wildman–Crippen LogP) is 3.67. The Morgan fingerprint density at radius 1 is 1.26 bits per heavy atom. The molecule has 1 aliphatic rings. The lowest BCUT2D eigenvalue weighted by Gasteiger charge is -2.20. The van der Waals surface area contributed by atoms with Gasteiger partial charge in [-0.05, 0) is 42.7 Å². The smallest absolute Gasteiger partial charge is 0.262 e. The highest BCUT2D eigenvalue weighted by Crippen LogP contribution is 2.42. The molecule has 1 atom stereocenters. The Hall–Kier alpha value is -2.56. The van der Waals surface area contributed by atoms with Crippen molar-refractivity contribution < 1.29 is 9.59 Å². The van der Waals surface area contributed by atoms with Gasteiger partial charge in [0.2, 0.25) is 5.91 Å². The number of nitrogens with zero attached hydrogens (tertiary/aromatic N) is 2. The van der Waals surface area contributed by atoms with Crippen molar-refractivity contribution in [2.75, 3.05) is 4.90 Å². The second kappa shape index (κ2) is 7.99. The number of hydrogen-bond acceptors (Lipinski definition) is 4. The summed E-state index contributed by atoms with van der Waals surface area (Å²) in [4.78, 5) is 26.4. The van der Waals surface area contributed by atoms with Crippen molar-refractivity contribution in [2.24, 2.45) is 5.73 Å². The first-order valence-electron chi connectivity index (χ1n) is 8.17. The number of amides is 2. The van der Waals surface area contributed by atoms with Gasteiger partial charge >= 0.3 is 0 Å². The van der Waals surface area contributed by atoms with E-state index in [1.54, 1.807) is 6.07 Å². The number of nitriles is 1. The number of aryl methyl sites for hydroxylation is 1. The van der Waals surface area contributed by atoms with Crippen LogP contribution in [0, 0.1) is 18.3 Å². The highest BCUT2D eigenvalue weighted by Gasteiger charge is 2.40. The molecule has 7 heteroatoms. The maximum atomic E-state index is 13.2. The minimum Gasteiger partial charge on any atom is -0.365 e. The summed E-state index contributed by atoms with van der Waals surface area (Å²) in [7, 11) is 0. The highest BCUT2D eigenvalue weighted by atomic mass is 79.9. The van der Waals surface area contributed by atoms with Gasteiger partial charge in [0, 0.05) is 4.47 Å². The molecule has 1 aliphatic heterocycles. The lowest BCUT2D eigenvalue weighted by atomic mass is 10.1. The summed E-state index contributed by atoms with van der Waals surface area (Å²) in [6.07, 6.45) is 0.486. The standard InChI is InChI=1S/C20H16BrN3O2S/c1-12-4-2-3-5-16(12)24-19(26)17(10-13-6-8-14(21)9-7-13)27-20(24)15(11-22)18(23)25/h2-9,17H,10H2,1H3,(H2,23,25)/b20-15+/t17-/m0/s1. The number of hydrogen-bond donors (Lipinski definition) is 1. The molecule has 5 nitrogen and oxygen atoms in total. The molecule has 0 aromatic heterocycles. The number of nitrogens with two attached hydrogens (primary N) is 1. The molecule has 1 saturated heterocycles. The summed E-state index contributed by atoms with van der Waals surface area (Å²) >= 11 is 4.61. The van der Waals surface area contributed by atoms with E-state index in [2.05, 4.69) is 15.9 Å². The van der Waals surface area contributed by atoms with Crippen molar-refractivity contribution in [3.63, 3.8) is 0 Å². The van der Waals surface area contributed by atoms with E-state index in [0.29, 0.717) is 17.1 Å². The maximum absolute atomic E-state index is 13.2. The first-order valence-corrected chi connectivity index (χ1v) is 9.84. The van der Waals surface area contributed by atoms with Gasteiger partial charge in [-0.25, -0.2) is 0 Å². The number of carbonyl (C=O) groups excluding carboxylic acids is 2. The number of halogens is 1. The Morgan fingerprint density at radius 2 is 1.93 bits per heavy atom. The van der Waals surface area contributed by atoms with Crippen molar-refractivity contribution >= 4 is 45.2 Å². The van der Waals surface area contributed by atoms with Gasteiger partial charge < -0.3 is 5.73 Å². The van der Waals surface area contributed by atoms with Gasteiger partial charge in [0.05, 0.1) is 10.9 Å². The Morgan fingerprint density at radius 3 is 2.52 bits per heavy atom. The third kappa shape index (κ3) is 3.92. The summed E-state index contributed by atoms with van der Waals surface area (Å²) in [6.45, 7) is 1.88. The highest BCUT2D eigenvalue weighted by molar-refractivity contribution is 9.10. The van der Waals surface area contributed by atoms with Crippen LogP contribution in [0.2, 0.25) is 0 Å². The molecule has 2 aromatic rings. The zero-order chi connectivity index (χ0) is 19.6. The van der Waals surface area contributed by atoms with E-state index in [9.17, 15) is 14.9 Å². The van der Waals surface area contributed by atoms with Crippen LogP contribution in [0.3, 0.4) is 0 Å². The number of primary amides is 1. The molecule has 0 radical (unpaired) electrons. The van der Waals surface area contributed by atoms with Crippen LogP contribution in [0.15, 0.2) is 63.6 Å². The number of rotatable bonds is 4. The van der Waals surface area contributed by atoms with Gasteiger partial charge in [0.15, 0.2) is 0 Å². The lowest BCUT2D eigenvalue weighted by molar-refractivity contribution is -0.117. The monoisotopic (exact) mass is 441 g/mol. The average molecular weight is 442 g/mol. The first kappa shape index (κ1) is 19.2. The molecule has 2 aromatic carbocycles. The average Bonchev–Trinajstić information content (AvgIpc) is 2.94. The van der Waals surface area contributed by atoms with Crippen molar-refractivity contribution in [1.82, 2.24) is 0 Å². The summed E-state index contributed by atoms with van der Waals surface area (Å²) < 4.78 is 0.958. The number of anilines is 1. The van der Waals surface area contributed by atoms with Crippen LogP contribution in [0.25, 0.3) is 0 Å². The molecule has 27 heavy (non-hydrogen) atoms. The Labute approximate surface area is 170 Å². The fourth-order valence-corrected chi connectivity index (χ4v) is 4.44. The molecule has 2 amide bonds. The Kier molecular flexibility index (Phi) is 5.68. The van der Waals surface area contributed by atoms with Gasteiger partial charge in [0.1, 0.15) is 16.7 Å². The molecule has 0 saturated carbocycles. The SMILES string of the molecule is Cc1ccccc1N1C(=O)[C@H](Cc2ccc(Br)cc2)S/C1=C(\C#N)C(N)=O. The molecule has 0 bridgehead atoms. The molecule has 1 heterocycles. The Balaban J connectivity index is 2.05. The zero-order valence-electron chi connectivity index (χ0n) is 14.5.